The highest BCUT2D eigenvalue weighted by Gasteiger charge is 2.30. The molecule has 0 radical (unpaired) electrons. The molecule has 28 heavy (non-hydrogen) atoms. The third kappa shape index (κ3) is 5.50. The third-order valence-electron chi connectivity index (χ3n) is 5.06. The van der Waals surface area contributed by atoms with E-state index in [1.54, 1.807) is 0 Å². The van der Waals surface area contributed by atoms with Gasteiger partial charge in [0.25, 0.3) is 0 Å². The maximum absolute atomic E-state index is 6.33. The van der Waals surface area contributed by atoms with Crippen LogP contribution in [0.5, 0.6) is 0 Å². The third-order valence-corrected chi connectivity index (χ3v) is 5.31. The topological polar surface area (TPSA) is 12.5 Å². The van der Waals surface area contributed by atoms with Gasteiger partial charge in [-0.2, -0.15) is 0 Å². The normalized spacial score (nSPS) is 18.9. The van der Waals surface area contributed by atoms with Gasteiger partial charge in [0.05, 0.1) is 5.60 Å². The van der Waals surface area contributed by atoms with Crippen molar-refractivity contribution in [3.8, 4) is 0 Å². The molecule has 3 unspecified atom stereocenters. The minimum Gasteiger partial charge on any atom is -0.349 e. The molecule has 2 aromatic carbocycles. The Morgan fingerprint density at radius 3 is 2.32 bits per heavy atom. The van der Waals surface area contributed by atoms with E-state index in [-0.39, 0.29) is 17.9 Å². The highest BCUT2D eigenvalue weighted by molar-refractivity contribution is 6.30. The number of benzene rings is 2. The van der Waals surface area contributed by atoms with Gasteiger partial charge in [-0.05, 0) is 69.5 Å². The van der Waals surface area contributed by atoms with E-state index in [4.69, 9.17) is 16.3 Å². The molecule has 0 fully saturated rings. The predicted molar refractivity (Wildman–Crippen MR) is 119 cm³/mol. The van der Waals surface area contributed by atoms with E-state index < -0.39 is 0 Å². The quantitative estimate of drug-likeness (QED) is 0.547. The van der Waals surface area contributed by atoms with Crippen molar-refractivity contribution in [2.75, 3.05) is 0 Å². The summed E-state index contributed by atoms with van der Waals surface area (Å²) in [5, 5.41) is 0.774. The zero-order chi connectivity index (χ0) is 20.1. The molecule has 3 atom stereocenters. The summed E-state index contributed by atoms with van der Waals surface area (Å²) in [5.41, 5.74) is 2.41. The van der Waals surface area contributed by atoms with Crippen LogP contribution in [0.1, 0.15) is 44.7 Å². The number of hydrogen-bond donors (Lipinski definition) is 0. The molecule has 0 amide bonds. The van der Waals surface area contributed by atoms with Crippen molar-refractivity contribution in [3.05, 3.63) is 95.2 Å². The standard InChI is InChI=1S/C25H30ClNO/c1-19(27-17-9-8-12-24(27)28-25(2,3)4)23(21-10-6-5-7-11-21)18-20-13-15-22(26)16-14-20/h5-17,19,23-24H,18H2,1-4H3. The van der Waals surface area contributed by atoms with E-state index in [0.717, 1.165) is 11.4 Å². The lowest BCUT2D eigenvalue weighted by Gasteiger charge is -2.42. The van der Waals surface area contributed by atoms with E-state index in [1.807, 2.05) is 12.1 Å². The Labute approximate surface area is 174 Å². The van der Waals surface area contributed by atoms with Gasteiger partial charge in [0.2, 0.25) is 0 Å². The second-order valence-electron chi connectivity index (χ2n) is 8.38. The number of hydrogen-bond acceptors (Lipinski definition) is 2. The van der Waals surface area contributed by atoms with Crippen LogP contribution in [0.25, 0.3) is 0 Å². The molecule has 2 nitrogen and oxygen atoms in total. The van der Waals surface area contributed by atoms with E-state index >= 15 is 0 Å². The molecule has 0 saturated carbocycles. The minimum atomic E-state index is -0.212. The first-order chi connectivity index (χ1) is 13.3. The van der Waals surface area contributed by atoms with Gasteiger partial charge in [0, 0.05) is 23.2 Å². The predicted octanol–water partition coefficient (Wildman–Crippen LogP) is 6.58. The van der Waals surface area contributed by atoms with Gasteiger partial charge in [-0.1, -0.05) is 60.1 Å². The van der Waals surface area contributed by atoms with Gasteiger partial charge in [-0.3, -0.25) is 0 Å². The van der Waals surface area contributed by atoms with E-state index in [1.165, 1.54) is 11.1 Å². The SMILES string of the molecule is CC(C(Cc1ccc(Cl)cc1)c1ccccc1)N1C=CC=CC1OC(C)(C)C. The molecule has 0 saturated heterocycles. The molecule has 1 aliphatic heterocycles. The lowest BCUT2D eigenvalue weighted by molar-refractivity contribution is -0.105. The average Bonchev–Trinajstić information content (AvgIpc) is 2.67. The number of halogens is 1. The highest BCUT2D eigenvalue weighted by atomic mass is 35.5. The second-order valence-corrected chi connectivity index (χ2v) is 8.82. The summed E-state index contributed by atoms with van der Waals surface area (Å²) in [7, 11) is 0. The van der Waals surface area contributed by atoms with Crippen LogP contribution in [0.3, 0.4) is 0 Å². The van der Waals surface area contributed by atoms with Gasteiger partial charge in [-0.25, -0.2) is 0 Å². The lowest BCUT2D eigenvalue weighted by atomic mass is 9.85. The maximum atomic E-state index is 6.33. The molecule has 3 heteroatoms. The molecule has 0 aliphatic carbocycles. The molecule has 0 spiro atoms. The zero-order valence-electron chi connectivity index (χ0n) is 17.2. The Hall–Kier alpha value is -2.03. The Kier molecular flexibility index (Phi) is 6.64. The van der Waals surface area contributed by atoms with Crippen molar-refractivity contribution in [1.82, 2.24) is 4.90 Å². The summed E-state index contributed by atoms with van der Waals surface area (Å²) < 4.78 is 6.33. The smallest absolute Gasteiger partial charge is 0.150 e. The summed E-state index contributed by atoms with van der Waals surface area (Å²) in [4.78, 5) is 2.33. The second kappa shape index (κ2) is 8.98. The molecule has 1 heterocycles. The zero-order valence-corrected chi connectivity index (χ0v) is 17.9. The maximum Gasteiger partial charge on any atom is 0.150 e. The molecule has 1 aliphatic rings. The van der Waals surface area contributed by atoms with E-state index in [0.29, 0.717) is 5.92 Å². The Morgan fingerprint density at radius 1 is 1.00 bits per heavy atom. The van der Waals surface area contributed by atoms with Crippen LogP contribution in [0.15, 0.2) is 79.0 Å². The van der Waals surface area contributed by atoms with E-state index in [2.05, 4.69) is 99.5 Å². The summed E-state index contributed by atoms with van der Waals surface area (Å²) >= 11 is 6.09. The van der Waals surface area contributed by atoms with Gasteiger partial charge in [-0.15, -0.1) is 0 Å². The van der Waals surface area contributed by atoms with E-state index in [9.17, 15) is 0 Å². The summed E-state index contributed by atoms with van der Waals surface area (Å²) in [6.45, 7) is 8.59. The summed E-state index contributed by atoms with van der Waals surface area (Å²) in [6, 6.07) is 19.2. The first kappa shape index (κ1) is 20.7. The highest BCUT2D eigenvalue weighted by Crippen LogP contribution is 2.31. The van der Waals surface area contributed by atoms with Gasteiger partial charge in [0.15, 0.2) is 0 Å². The van der Waals surface area contributed by atoms with Crippen LogP contribution < -0.4 is 0 Å². The summed E-state index contributed by atoms with van der Waals surface area (Å²) in [6.07, 6.45) is 9.31. The Balaban J connectivity index is 1.89. The van der Waals surface area contributed by atoms with Crippen LogP contribution in [0.4, 0.5) is 0 Å². The lowest BCUT2D eigenvalue weighted by Crippen LogP contribution is -2.45. The number of rotatable bonds is 6. The fraction of sp³-hybridized carbons (Fsp3) is 0.360. The van der Waals surface area contributed by atoms with Crippen LogP contribution >= 0.6 is 11.6 Å². The first-order valence-corrected chi connectivity index (χ1v) is 10.3. The molecule has 2 aromatic rings. The monoisotopic (exact) mass is 395 g/mol. The van der Waals surface area contributed by atoms with Crippen molar-refractivity contribution in [3.63, 3.8) is 0 Å². The molecule has 0 aromatic heterocycles. The molecular formula is C25H30ClNO. The van der Waals surface area contributed by atoms with Gasteiger partial charge < -0.3 is 9.64 Å². The molecule has 148 valence electrons. The fourth-order valence-electron chi connectivity index (χ4n) is 3.67. The largest absolute Gasteiger partial charge is 0.349 e. The minimum absolute atomic E-state index is 0.0727. The van der Waals surface area contributed by atoms with Crippen molar-refractivity contribution < 1.29 is 4.74 Å². The van der Waals surface area contributed by atoms with Gasteiger partial charge in [0.1, 0.15) is 6.23 Å². The number of nitrogens with zero attached hydrogens (tertiary/aromatic N) is 1. The fourth-order valence-corrected chi connectivity index (χ4v) is 3.80. The Bertz CT molecular complexity index is 805. The molecule has 3 rings (SSSR count). The molecule has 0 bridgehead atoms. The summed E-state index contributed by atoms with van der Waals surface area (Å²) in [5.74, 6) is 0.324. The Morgan fingerprint density at radius 2 is 1.68 bits per heavy atom. The van der Waals surface area contributed by atoms with Crippen LogP contribution in [0.2, 0.25) is 5.02 Å². The number of ether oxygens (including phenoxy) is 1. The molecule has 0 N–H and O–H groups in total. The number of allylic oxidation sites excluding steroid dienone is 2. The first-order valence-electron chi connectivity index (χ1n) is 9.93. The van der Waals surface area contributed by atoms with Gasteiger partial charge >= 0.3 is 0 Å². The average molecular weight is 396 g/mol. The van der Waals surface area contributed by atoms with Crippen molar-refractivity contribution in [1.29, 1.82) is 0 Å². The van der Waals surface area contributed by atoms with Crippen LogP contribution in [-0.2, 0) is 11.2 Å². The van der Waals surface area contributed by atoms with Crippen LogP contribution in [-0.4, -0.2) is 22.8 Å². The van der Waals surface area contributed by atoms with Crippen molar-refractivity contribution in [2.45, 2.75) is 57.9 Å². The van der Waals surface area contributed by atoms with Crippen molar-refractivity contribution >= 4 is 11.6 Å². The van der Waals surface area contributed by atoms with Crippen LogP contribution in [0, 0.1) is 0 Å². The van der Waals surface area contributed by atoms with Crippen molar-refractivity contribution in [2.24, 2.45) is 0 Å². The molecular weight excluding hydrogens is 366 g/mol.